The van der Waals surface area contributed by atoms with Crippen molar-refractivity contribution in [2.75, 3.05) is 6.61 Å². The number of ether oxygens (including phenoxy) is 1. The Morgan fingerprint density at radius 3 is 2.57 bits per heavy atom. The van der Waals surface area contributed by atoms with Crippen molar-refractivity contribution in [3.63, 3.8) is 0 Å². The van der Waals surface area contributed by atoms with Crippen molar-refractivity contribution in [2.24, 2.45) is 0 Å². The summed E-state index contributed by atoms with van der Waals surface area (Å²) in [5.41, 5.74) is 6.40. The molecule has 6 heteroatoms. The third-order valence-electron chi connectivity index (χ3n) is 6.40. The highest BCUT2D eigenvalue weighted by Crippen LogP contribution is 2.44. The zero-order chi connectivity index (χ0) is 24.4. The Hall–Kier alpha value is -3.57. The SMILES string of the molecule is CCCCOc1cccc(C2c3c(-c4ccc(C)cc4)n[nH]c3C(=O)N2Cc2ccc(Cl)cc2)c1. The number of carbonyl (C=O) groups excluding carboxylic acids is 1. The van der Waals surface area contributed by atoms with Crippen LogP contribution in [0.4, 0.5) is 0 Å². The van der Waals surface area contributed by atoms with Crippen molar-refractivity contribution in [1.29, 1.82) is 0 Å². The van der Waals surface area contributed by atoms with Gasteiger partial charge in [-0.2, -0.15) is 5.10 Å². The number of unbranched alkanes of at least 4 members (excludes halogenated alkanes) is 1. The predicted molar refractivity (Wildman–Crippen MR) is 139 cm³/mol. The third-order valence-corrected chi connectivity index (χ3v) is 6.65. The van der Waals surface area contributed by atoms with Gasteiger partial charge in [0, 0.05) is 22.7 Å². The Morgan fingerprint density at radius 1 is 1.06 bits per heavy atom. The standard InChI is InChI=1S/C29H28ClN3O2/c1-3-4-16-35-24-7-5-6-22(17-24)28-25-26(21-12-8-19(2)9-13-21)31-32-27(25)29(34)33(28)18-20-10-14-23(30)15-11-20/h5-15,17,28H,3-4,16,18H2,1-2H3,(H,31,32). The van der Waals surface area contributed by atoms with Gasteiger partial charge in [0.2, 0.25) is 0 Å². The van der Waals surface area contributed by atoms with E-state index < -0.39 is 0 Å². The summed E-state index contributed by atoms with van der Waals surface area (Å²) in [6, 6.07) is 23.6. The van der Waals surface area contributed by atoms with E-state index in [2.05, 4.69) is 54.4 Å². The molecule has 0 fully saturated rings. The Morgan fingerprint density at radius 2 is 1.83 bits per heavy atom. The molecule has 3 aromatic carbocycles. The molecule has 1 aromatic heterocycles. The lowest BCUT2D eigenvalue weighted by Gasteiger charge is -2.27. The van der Waals surface area contributed by atoms with Crippen molar-refractivity contribution in [1.82, 2.24) is 15.1 Å². The molecule has 5 nitrogen and oxygen atoms in total. The quantitative estimate of drug-likeness (QED) is 0.274. The van der Waals surface area contributed by atoms with Gasteiger partial charge in [0.1, 0.15) is 11.4 Å². The molecule has 1 unspecified atom stereocenters. The zero-order valence-electron chi connectivity index (χ0n) is 19.9. The number of halogens is 1. The van der Waals surface area contributed by atoms with Crippen LogP contribution in [0.3, 0.4) is 0 Å². The molecule has 1 aliphatic heterocycles. The van der Waals surface area contributed by atoms with Gasteiger partial charge in [0.15, 0.2) is 0 Å². The summed E-state index contributed by atoms with van der Waals surface area (Å²) in [6.45, 7) is 5.33. The molecular weight excluding hydrogens is 458 g/mol. The first-order valence-electron chi connectivity index (χ1n) is 12.0. The lowest BCUT2D eigenvalue weighted by Crippen LogP contribution is -2.29. The van der Waals surface area contributed by atoms with Crippen LogP contribution in [0, 0.1) is 6.92 Å². The summed E-state index contributed by atoms with van der Waals surface area (Å²) in [7, 11) is 0. The van der Waals surface area contributed by atoms with Gasteiger partial charge >= 0.3 is 0 Å². The van der Waals surface area contributed by atoms with Crippen LogP contribution in [-0.2, 0) is 6.54 Å². The molecule has 0 radical (unpaired) electrons. The minimum Gasteiger partial charge on any atom is -0.494 e. The molecule has 5 rings (SSSR count). The monoisotopic (exact) mass is 485 g/mol. The summed E-state index contributed by atoms with van der Waals surface area (Å²) >= 11 is 6.10. The maximum absolute atomic E-state index is 13.6. The highest BCUT2D eigenvalue weighted by molar-refractivity contribution is 6.30. The first-order valence-corrected chi connectivity index (χ1v) is 12.4. The molecule has 1 aliphatic rings. The van der Waals surface area contributed by atoms with Crippen LogP contribution in [0.25, 0.3) is 11.3 Å². The third kappa shape index (κ3) is 4.69. The van der Waals surface area contributed by atoms with Gasteiger partial charge in [-0.1, -0.05) is 79.0 Å². The first kappa shape index (κ1) is 23.2. The van der Waals surface area contributed by atoms with E-state index >= 15 is 0 Å². The number of H-pyrrole nitrogens is 1. The van der Waals surface area contributed by atoms with Crippen LogP contribution >= 0.6 is 11.6 Å². The number of carbonyl (C=O) groups is 1. The number of amides is 1. The van der Waals surface area contributed by atoms with Crippen LogP contribution in [0.2, 0.25) is 5.02 Å². The fourth-order valence-electron chi connectivity index (χ4n) is 4.53. The second kappa shape index (κ2) is 9.96. The molecule has 0 saturated heterocycles. The summed E-state index contributed by atoms with van der Waals surface area (Å²) in [6.07, 6.45) is 2.07. The second-order valence-electron chi connectivity index (χ2n) is 8.96. The van der Waals surface area contributed by atoms with Crippen LogP contribution in [0.5, 0.6) is 5.75 Å². The van der Waals surface area contributed by atoms with E-state index in [0.29, 0.717) is 23.9 Å². The molecule has 4 aromatic rings. The van der Waals surface area contributed by atoms with Crippen molar-refractivity contribution in [2.45, 2.75) is 39.3 Å². The number of benzene rings is 3. The van der Waals surface area contributed by atoms with Crippen LogP contribution in [0.15, 0.2) is 72.8 Å². The van der Waals surface area contributed by atoms with E-state index in [-0.39, 0.29) is 11.9 Å². The molecule has 178 valence electrons. The summed E-state index contributed by atoms with van der Waals surface area (Å²) in [4.78, 5) is 15.5. The molecule has 35 heavy (non-hydrogen) atoms. The summed E-state index contributed by atoms with van der Waals surface area (Å²) < 4.78 is 6.00. The van der Waals surface area contributed by atoms with Gasteiger partial charge in [0.05, 0.1) is 18.3 Å². The number of hydrogen-bond donors (Lipinski definition) is 1. The molecule has 2 heterocycles. The van der Waals surface area contributed by atoms with E-state index in [1.54, 1.807) is 0 Å². The molecule has 0 aliphatic carbocycles. The van der Waals surface area contributed by atoms with Gasteiger partial charge in [-0.15, -0.1) is 0 Å². The number of hydrogen-bond acceptors (Lipinski definition) is 3. The van der Waals surface area contributed by atoms with Crippen molar-refractivity contribution in [3.8, 4) is 17.0 Å². The lowest BCUT2D eigenvalue weighted by molar-refractivity contribution is 0.0730. The Bertz CT molecular complexity index is 1330. The lowest BCUT2D eigenvalue weighted by atomic mass is 9.95. The van der Waals surface area contributed by atoms with Gasteiger partial charge in [-0.05, 0) is 48.7 Å². The number of nitrogens with zero attached hydrogens (tertiary/aromatic N) is 2. The Balaban J connectivity index is 1.58. The van der Waals surface area contributed by atoms with Gasteiger partial charge in [0.25, 0.3) is 5.91 Å². The van der Waals surface area contributed by atoms with Crippen LogP contribution in [-0.4, -0.2) is 27.6 Å². The van der Waals surface area contributed by atoms with E-state index in [0.717, 1.165) is 46.5 Å². The molecule has 1 atom stereocenters. The molecule has 0 saturated carbocycles. The molecule has 1 amide bonds. The summed E-state index contributed by atoms with van der Waals surface area (Å²) in [5.74, 6) is 0.742. The number of aryl methyl sites for hydroxylation is 1. The fraction of sp³-hybridized carbons (Fsp3) is 0.241. The van der Waals surface area contributed by atoms with Crippen molar-refractivity contribution < 1.29 is 9.53 Å². The van der Waals surface area contributed by atoms with Crippen LogP contribution < -0.4 is 4.74 Å². The van der Waals surface area contributed by atoms with E-state index in [9.17, 15) is 4.79 Å². The Kier molecular flexibility index (Phi) is 6.60. The fourth-order valence-corrected chi connectivity index (χ4v) is 4.66. The van der Waals surface area contributed by atoms with E-state index in [1.165, 1.54) is 5.56 Å². The van der Waals surface area contributed by atoms with Crippen molar-refractivity contribution in [3.05, 3.63) is 106 Å². The first-order chi connectivity index (χ1) is 17.0. The molecular formula is C29H28ClN3O2. The van der Waals surface area contributed by atoms with Crippen LogP contribution in [0.1, 0.15) is 58.5 Å². The number of aromatic amines is 1. The predicted octanol–water partition coefficient (Wildman–Crippen LogP) is 6.96. The molecule has 1 N–H and O–H groups in total. The van der Waals surface area contributed by atoms with Gasteiger partial charge in [-0.25, -0.2) is 0 Å². The van der Waals surface area contributed by atoms with E-state index in [4.69, 9.17) is 16.3 Å². The van der Waals surface area contributed by atoms with Crippen molar-refractivity contribution >= 4 is 17.5 Å². The van der Waals surface area contributed by atoms with Gasteiger partial charge in [-0.3, -0.25) is 9.89 Å². The molecule has 0 bridgehead atoms. The summed E-state index contributed by atoms with van der Waals surface area (Å²) in [5, 5.41) is 8.29. The smallest absolute Gasteiger partial charge is 0.273 e. The largest absolute Gasteiger partial charge is 0.494 e. The molecule has 0 spiro atoms. The maximum Gasteiger partial charge on any atom is 0.273 e. The minimum absolute atomic E-state index is 0.0666. The number of aromatic nitrogens is 2. The van der Waals surface area contributed by atoms with Gasteiger partial charge < -0.3 is 9.64 Å². The topological polar surface area (TPSA) is 58.2 Å². The zero-order valence-corrected chi connectivity index (χ0v) is 20.7. The average Bonchev–Trinajstić information content (AvgIpc) is 3.40. The maximum atomic E-state index is 13.6. The highest BCUT2D eigenvalue weighted by atomic mass is 35.5. The normalized spacial score (nSPS) is 14.9. The minimum atomic E-state index is -0.294. The number of nitrogens with one attached hydrogen (secondary N) is 1. The second-order valence-corrected chi connectivity index (χ2v) is 9.40. The average molecular weight is 486 g/mol. The highest BCUT2D eigenvalue weighted by Gasteiger charge is 2.42. The number of rotatable bonds is 8. The number of fused-ring (bicyclic) bond motifs is 1. The Labute approximate surface area is 210 Å². The van der Waals surface area contributed by atoms with E-state index in [1.807, 2.05) is 47.4 Å².